The van der Waals surface area contributed by atoms with E-state index >= 15 is 0 Å². The standard InChI is InChI=1S/C17H19ClN2O4S/c1-11-4-6-14(9-16(11)25(22,23)19-3)20-17(21)10-24-15-7-5-13(18)8-12(15)2/h4-9,19H,10H2,1-3H3,(H,20,21). The normalized spacial score (nSPS) is 11.2. The Kier molecular flexibility index (Phi) is 6.05. The summed E-state index contributed by atoms with van der Waals surface area (Å²) in [5.41, 5.74) is 1.78. The Balaban J connectivity index is 2.07. The largest absolute Gasteiger partial charge is 0.483 e. The topological polar surface area (TPSA) is 84.5 Å². The van der Waals surface area contributed by atoms with Crippen molar-refractivity contribution in [1.82, 2.24) is 4.72 Å². The van der Waals surface area contributed by atoms with Crippen LogP contribution in [0.25, 0.3) is 0 Å². The second-order valence-electron chi connectivity index (χ2n) is 5.43. The molecule has 0 aliphatic heterocycles. The van der Waals surface area contributed by atoms with Gasteiger partial charge in [0.1, 0.15) is 5.75 Å². The number of halogens is 1. The van der Waals surface area contributed by atoms with Gasteiger partial charge in [0.15, 0.2) is 6.61 Å². The number of sulfonamides is 1. The van der Waals surface area contributed by atoms with Crippen molar-refractivity contribution in [3.05, 3.63) is 52.5 Å². The van der Waals surface area contributed by atoms with Crippen LogP contribution in [-0.4, -0.2) is 28.0 Å². The second-order valence-corrected chi connectivity index (χ2v) is 7.73. The molecule has 2 N–H and O–H groups in total. The molecule has 0 saturated carbocycles. The van der Waals surface area contributed by atoms with Gasteiger partial charge in [0.05, 0.1) is 4.90 Å². The van der Waals surface area contributed by atoms with Crippen LogP contribution in [0.1, 0.15) is 11.1 Å². The molecule has 0 bridgehead atoms. The number of aryl methyl sites for hydroxylation is 2. The number of rotatable bonds is 6. The molecule has 0 unspecified atom stereocenters. The number of amides is 1. The highest BCUT2D eigenvalue weighted by molar-refractivity contribution is 7.89. The number of nitrogens with one attached hydrogen (secondary N) is 2. The predicted octanol–water partition coefficient (Wildman–Crippen LogP) is 2.88. The first-order valence-corrected chi connectivity index (χ1v) is 9.32. The maximum Gasteiger partial charge on any atom is 0.262 e. The van der Waals surface area contributed by atoms with Gasteiger partial charge in [-0.15, -0.1) is 0 Å². The van der Waals surface area contributed by atoms with Crippen molar-refractivity contribution in [2.45, 2.75) is 18.7 Å². The smallest absolute Gasteiger partial charge is 0.262 e. The Morgan fingerprint density at radius 3 is 2.48 bits per heavy atom. The summed E-state index contributed by atoms with van der Waals surface area (Å²) in [6, 6.07) is 9.78. The monoisotopic (exact) mass is 382 g/mol. The van der Waals surface area contributed by atoms with Crippen LogP contribution in [0.4, 0.5) is 5.69 Å². The number of hydrogen-bond donors (Lipinski definition) is 2. The third-order valence-electron chi connectivity index (χ3n) is 3.53. The van der Waals surface area contributed by atoms with Crippen LogP contribution in [0.3, 0.4) is 0 Å². The highest BCUT2D eigenvalue weighted by Crippen LogP contribution is 2.22. The summed E-state index contributed by atoms with van der Waals surface area (Å²) in [5, 5.41) is 3.21. The van der Waals surface area contributed by atoms with E-state index in [4.69, 9.17) is 16.3 Å². The second kappa shape index (κ2) is 7.86. The quantitative estimate of drug-likeness (QED) is 0.804. The van der Waals surface area contributed by atoms with Gasteiger partial charge in [-0.05, 0) is 62.4 Å². The maximum absolute atomic E-state index is 12.1. The fourth-order valence-corrected chi connectivity index (χ4v) is 3.41. The fourth-order valence-electron chi connectivity index (χ4n) is 2.19. The molecule has 0 atom stereocenters. The number of benzene rings is 2. The van der Waals surface area contributed by atoms with Crippen molar-refractivity contribution >= 4 is 33.2 Å². The van der Waals surface area contributed by atoms with Crippen LogP contribution in [0.5, 0.6) is 5.75 Å². The van der Waals surface area contributed by atoms with E-state index in [-0.39, 0.29) is 11.5 Å². The lowest BCUT2D eigenvalue weighted by atomic mass is 10.2. The van der Waals surface area contributed by atoms with Gasteiger partial charge in [-0.25, -0.2) is 13.1 Å². The van der Waals surface area contributed by atoms with Crippen molar-refractivity contribution in [2.24, 2.45) is 0 Å². The van der Waals surface area contributed by atoms with Crippen molar-refractivity contribution in [1.29, 1.82) is 0 Å². The first-order chi connectivity index (χ1) is 11.7. The minimum atomic E-state index is -3.60. The van der Waals surface area contributed by atoms with Crippen LogP contribution in [0, 0.1) is 13.8 Å². The Morgan fingerprint density at radius 2 is 1.84 bits per heavy atom. The zero-order valence-electron chi connectivity index (χ0n) is 14.1. The zero-order valence-corrected chi connectivity index (χ0v) is 15.7. The Labute approximate surface area is 152 Å². The number of carbonyl (C=O) groups excluding carboxylic acids is 1. The molecule has 0 fully saturated rings. The maximum atomic E-state index is 12.1. The molecule has 6 nitrogen and oxygen atoms in total. The molecule has 2 aromatic rings. The molecule has 0 aliphatic carbocycles. The summed E-state index contributed by atoms with van der Waals surface area (Å²) in [6.07, 6.45) is 0. The third kappa shape index (κ3) is 4.94. The number of anilines is 1. The molecule has 134 valence electrons. The third-order valence-corrected chi connectivity index (χ3v) is 5.32. The van der Waals surface area contributed by atoms with Gasteiger partial charge in [0.25, 0.3) is 5.91 Å². The molecule has 2 aromatic carbocycles. The minimum Gasteiger partial charge on any atom is -0.483 e. The summed E-state index contributed by atoms with van der Waals surface area (Å²) in [7, 11) is -2.26. The van der Waals surface area contributed by atoms with E-state index in [2.05, 4.69) is 10.0 Å². The van der Waals surface area contributed by atoms with Crippen molar-refractivity contribution < 1.29 is 17.9 Å². The predicted molar refractivity (Wildman–Crippen MR) is 97.7 cm³/mol. The molecule has 1 amide bonds. The SMILES string of the molecule is CNS(=O)(=O)c1cc(NC(=O)COc2ccc(Cl)cc2C)ccc1C. The molecule has 0 radical (unpaired) electrons. The molecule has 0 saturated heterocycles. The summed E-state index contributed by atoms with van der Waals surface area (Å²) in [4.78, 5) is 12.2. The minimum absolute atomic E-state index is 0.113. The highest BCUT2D eigenvalue weighted by Gasteiger charge is 2.16. The average molecular weight is 383 g/mol. The molecule has 0 heterocycles. The van der Waals surface area contributed by atoms with Gasteiger partial charge in [-0.3, -0.25) is 4.79 Å². The summed E-state index contributed by atoms with van der Waals surface area (Å²) in [5.74, 6) is 0.160. The Bertz CT molecular complexity index is 898. The van der Waals surface area contributed by atoms with E-state index < -0.39 is 15.9 Å². The molecule has 2 rings (SSSR count). The van der Waals surface area contributed by atoms with Gasteiger partial charge in [-0.1, -0.05) is 17.7 Å². The zero-order chi connectivity index (χ0) is 18.6. The summed E-state index contributed by atoms with van der Waals surface area (Å²) in [6.45, 7) is 3.31. The molecular weight excluding hydrogens is 364 g/mol. The first-order valence-electron chi connectivity index (χ1n) is 7.46. The van der Waals surface area contributed by atoms with Crippen LogP contribution >= 0.6 is 11.6 Å². The van der Waals surface area contributed by atoms with Gasteiger partial charge in [0, 0.05) is 10.7 Å². The average Bonchev–Trinajstić information content (AvgIpc) is 2.55. The Morgan fingerprint density at radius 1 is 1.12 bits per heavy atom. The van der Waals surface area contributed by atoms with Crippen LogP contribution in [0.15, 0.2) is 41.3 Å². The van der Waals surface area contributed by atoms with Crippen LogP contribution in [0.2, 0.25) is 5.02 Å². The van der Waals surface area contributed by atoms with Gasteiger partial charge >= 0.3 is 0 Å². The number of carbonyl (C=O) groups is 1. The molecule has 0 spiro atoms. The van der Waals surface area contributed by atoms with E-state index in [0.717, 1.165) is 5.56 Å². The summed E-state index contributed by atoms with van der Waals surface area (Å²) < 4.78 is 31.7. The number of ether oxygens (including phenoxy) is 1. The molecular formula is C17H19ClN2O4S. The van der Waals surface area contributed by atoms with E-state index in [9.17, 15) is 13.2 Å². The van der Waals surface area contributed by atoms with Gasteiger partial charge in [-0.2, -0.15) is 0 Å². The Hall–Kier alpha value is -2.09. The lowest BCUT2D eigenvalue weighted by molar-refractivity contribution is -0.118. The lowest BCUT2D eigenvalue weighted by Crippen LogP contribution is -2.22. The summed E-state index contributed by atoms with van der Waals surface area (Å²) >= 11 is 5.87. The van der Waals surface area contributed by atoms with Crippen LogP contribution < -0.4 is 14.8 Å². The van der Waals surface area contributed by atoms with E-state index in [1.165, 1.54) is 13.1 Å². The van der Waals surface area contributed by atoms with Crippen molar-refractivity contribution in [2.75, 3.05) is 19.0 Å². The van der Waals surface area contributed by atoms with E-state index in [0.29, 0.717) is 22.0 Å². The molecule has 0 aliphatic rings. The number of hydrogen-bond acceptors (Lipinski definition) is 4. The van der Waals surface area contributed by atoms with Crippen molar-refractivity contribution in [3.8, 4) is 5.75 Å². The highest BCUT2D eigenvalue weighted by atomic mass is 35.5. The molecule has 8 heteroatoms. The van der Waals surface area contributed by atoms with Gasteiger partial charge < -0.3 is 10.1 Å². The van der Waals surface area contributed by atoms with Crippen LogP contribution in [-0.2, 0) is 14.8 Å². The van der Waals surface area contributed by atoms with E-state index in [1.54, 1.807) is 37.3 Å². The lowest BCUT2D eigenvalue weighted by Gasteiger charge is -2.12. The molecule has 0 aromatic heterocycles. The first kappa shape index (κ1) is 19.2. The van der Waals surface area contributed by atoms with Crippen molar-refractivity contribution in [3.63, 3.8) is 0 Å². The van der Waals surface area contributed by atoms with Gasteiger partial charge in [0.2, 0.25) is 10.0 Å². The molecule has 25 heavy (non-hydrogen) atoms. The van der Waals surface area contributed by atoms with E-state index in [1.807, 2.05) is 6.92 Å². The fraction of sp³-hybridized carbons (Fsp3) is 0.235.